The molecule has 0 radical (unpaired) electrons. The Morgan fingerprint density at radius 2 is 2.27 bits per heavy atom. The lowest BCUT2D eigenvalue weighted by molar-refractivity contribution is -0.116. The first kappa shape index (κ1) is 9.90. The topological polar surface area (TPSA) is 34.4 Å². The maximum absolute atomic E-state index is 11.1. The molecule has 0 aromatic carbocycles. The second-order valence-electron chi connectivity index (χ2n) is 3.66. The predicted octanol–water partition coefficient (Wildman–Crippen LogP) is 2.03. The molecule has 0 unspecified atom stereocenters. The van der Waals surface area contributed by atoms with Gasteiger partial charge in [0.15, 0.2) is 0 Å². The van der Waals surface area contributed by atoms with Crippen molar-refractivity contribution in [2.24, 2.45) is 0 Å². The molecule has 0 aliphatic rings. The number of carbonyl (C=O) groups is 1. The molecule has 0 atom stereocenters. The number of ketones is 1. The third-order valence-electron chi connectivity index (χ3n) is 2.43. The van der Waals surface area contributed by atoms with Crippen molar-refractivity contribution in [3.63, 3.8) is 0 Å². The third kappa shape index (κ3) is 1.77. The van der Waals surface area contributed by atoms with Crippen LogP contribution in [0.4, 0.5) is 0 Å². The van der Waals surface area contributed by atoms with Gasteiger partial charge in [0.25, 0.3) is 0 Å². The fourth-order valence-corrected chi connectivity index (χ4v) is 1.79. The molecule has 0 bridgehead atoms. The van der Waals surface area contributed by atoms with Gasteiger partial charge in [0.05, 0.1) is 17.6 Å². The van der Waals surface area contributed by atoms with Crippen molar-refractivity contribution < 1.29 is 4.79 Å². The number of hydrogen-bond acceptors (Lipinski definition) is 2. The zero-order valence-corrected chi connectivity index (χ0v) is 9.03. The Bertz CT molecular complexity index is 499. The normalized spacial score (nSPS) is 10.8. The van der Waals surface area contributed by atoms with Gasteiger partial charge in [-0.2, -0.15) is 0 Å². The number of pyridine rings is 1. The van der Waals surface area contributed by atoms with Crippen LogP contribution in [0, 0.1) is 0 Å². The van der Waals surface area contributed by atoms with Gasteiger partial charge in [-0.3, -0.25) is 4.79 Å². The number of hydrogen-bond donors (Lipinski definition) is 0. The van der Waals surface area contributed by atoms with Gasteiger partial charge < -0.3 is 4.40 Å². The van der Waals surface area contributed by atoms with Crippen LogP contribution < -0.4 is 0 Å². The number of imidazole rings is 1. The van der Waals surface area contributed by atoms with Gasteiger partial charge in [-0.25, -0.2) is 4.98 Å². The van der Waals surface area contributed by atoms with Crippen molar-refractivity contribution in [2.45, 2.75) is 26.7 Å². The largest absolute Gasteiger partial charge is 0.303 e. The molecule has 2 heterocycles. The smallest absolute Gasteiger partial charge is 0.135 e. The summed E-state index contributed by atoms with van der Waals surface area (Å²) in [5.74, 6) is 1.17. The highest BCUT2D eigenvalue weighted by Crippen LogP contribution is 2.14. The molecule has 2 rings (SSSR count). The van der Waals surface area contributed by atoms with Crippen LogP contribution in [0.5, 0.6) is 0 Å². The van der Waals surface area contributed by atoms with Crippen molar-refractivity contribution in [2.75, 3.05) is 0 Å². The van der Waals surface area contributed by atoms with E-state index in [1.165, 1.54) is 0 Å². The monoisotopic (exact) mass is 202 g/mol. The summed E-state index contributed by atoms with van der Waals surface area (Å²) in [7, 11) is 0. The number of nitrogens with zero attached hydrogens (tertiary/aromatic N) is 2. The first-order valence-corrected chi connectivity index (χ1v) is 5.16. The molecule has 0 saturated heterocycles. The van der Waals surface area contributed by atoms with Crippen LogP contribution in [-0.2, 0) is 17.6 Å². The fraction of sp³-hybridized carbons (Fsp3) is 0.333. The van der Waals surface area contributed by atoms with Gasteiger partial charge in [-0.05, 0) is 19.1 Å². The first-order valence-electron chi connectivity index (χ1n) is 5.16. The van der Waals surface area contributed by atoms with E-state index in [0.29, 0.717) is 6.42 Å². The average Bonchev–Trinajstić information content (AvgIpc) is 2.56. The second-order valence-corrected chi connectivity index (χ2v) is 3.66. The second kappa shape index (κ2) is 3.85. The first-order chi connectivity index (χ1) is 7.22. The minimum atomic E-state index is 0.154. The molecule has 2 aromatic heterocycles. The number of carbonyl (C=O) groups excluding carboxylic acids is 1. The van der Waals surface area contributed by atoms with Gasteiger partial charge in [0.1, 0.15) is 11.6 Å². The van der Waals surface area contributed by atoms with E-state index in [-0.39, 0.29) is 5.78 Å². The zero-order chi connectivity index (χ0) is 10.8. The van der Waals surface area contributed by atoms with Crippen molar-refractivity contribution in [3.8, 4) is 0 Å². The molecule has 15 heavy (non-hydrogen) atoms. The van der Waals surface area contributed by atoms with Crippen molar-refractivity contribution in [3.05, 3.63) is 35.9 Å². The highest BCUT2D eigenvalue weighted by molar-refractivity contribution is 5.80. The Morgan fingerprint density at radius 3 is 2.93 bits per heavy atom. The highest BCUT2D eigenvalue weighted by atomic mass is 16.1. The number of aryl methyl sites for hydroxylation is 1. The molecule has 0 spiro atoms. The third-order valence-corrected chi connectivity index (χ3v) is 2.43. The van der Waals surface area contributed by atoms with Crippen molar-refractivity contribution in [1.29, 1.82) is 0 Å². The van der Waals surface area contributed by atoms with Crippen molar-refractivity contribution in [1.82, 2.24) is 9.38 Å². The minimum absolute atomic E-state index is 0.154. The predicted molar refractivity (Wildman–Crippen MR) is 59.0 cm³/mol. The molecule has 3 heteroatoms. The van der Waals surface area contributed by atoms with E-state index < -0.39 is 0 Å². The molecule has 3 nitrogen and oxygen atoms in total. The Balaban J connectivity index is 2.59. The molecule has 78 valence electrons. The van der Waals surface area contributed by atoms with Gasteiger partial charge in [-0.1, -0.05) is 13.0 Å². The van der Waals surface area contributed by atoms with Crippen LogP contribution in [0.3, 0.4) is 0 Å². The average molecular weight is 202 g/mol. The summed E-state index contributed by atoms with van der Waals surface area (Å²) < 4.78 is 2.05. The highest BCUT2D eigenvalue weighted by Gasteiger charge is 2.10. The Hall–Kier alpha value is -1.64. The maximum Gasteiger partial charge on any atom is 0.135 e. The number of aromatic nitrogens is 2. The number of fused-ring (bicyclic) bond motifs is 1. The van der Waals surface area contributed by atoms with Gasteiger partial charge >= 0.3 is 0 Å². The van der Waals surface area contributed by atoms with Crippen LogP contribution in [-0.4, -0.2) is 15.2 Å². The van der Waals surface area contributed by atoms with Gasteiger partial charge in [0, 0.05) is 12.6 Å². The standard InChI is InChI=1S/C12H14N2O/c1-3-12-13-10(8-9(2)15)11-6-4-5-7-14(11)12/h4-7H,3,8H2,1-2H3. The molecule has 2 aromatic rings. The maximum atomic E-state index is 11.1. The van der Waals surface area contributed by atoms with E-state index in [1.54, 1.807) is 6.92 Å². The molecule has 0 saturated carbocycles. The molecule has 0 fully saturated rings. The molecular formula is C12H14N2O. The minimum Gasteiger partial charge on any atom is -0.303 e. The van der Waals surface area contributed by atoms with Crippen LogP contribution in [0.2, 0.25) is 0 Å². The number of Topliss-reactive ketones (excluding diaryl/α,β-unsaturated/α-hetero) is 1. The van der Waals surface area contributed by atoms with Crippen LogP contribution in [0.25, 0.3) is 5.52 Å². The van der Waals surface area contributed by atoms with E-state index in [1.807, 2.05) is 24.4 Å². The van der Waals surface area contributed by atoms with E-state index in [0.717, 1.165) is 23.5 Å². The fourth-order valence-electron chi connectivity index (χ4n) is 1.79. The molecule has 0 aliphatic heterocycles. The van der Waals surface area contributed by atoms with E-state index in [2.05, 4.69) is 16.3 Å². The quantitative estimate of drug-likeness (QED) is 0.763. The van der Waals surface area contributed by atoms with Crippen LogP contribution >= 0.6 is 0 Å². The van der Waals surface area contributed by atoms with E-state index in [4.69, 9.17) is 0 Å². The summed E-state index contributed by atoms with van der Waals surface area (Å²) >= 11 is 0. The zero-order valence-electron chi connectivity index (χ0n) is 9.03. The van der Waals surface area contributed by atoms with Gasteiger partial charge in [-0.15, -0.1) is 0 Å². The van der Waals surface area contributed by atoms with E-state index >= 15 is 0 Å². The Labute approximate surface area is 88.8 Å². The number of rotatable bonds is 3. The Morgan fingerprint density at radius 1 is 1.47 bits per heavy atom. The van der Waals surface area contributed by atoms with Crippen LogP contribution in [0.1, 0.15) is 25.4 Å². The lowest BCUT2D eigenvalue weighted by Gasteiger charge is -1.96. The summed E-state index contributed by atoms with van der Waals surface area (Å²) in [5, 5.41) is 0. The van der Waals surface area contributed by atoms with E-state index in [9.17, 15) is 4.79 Å². The Kier molecular flexibility index (Phi) is 2.54. The summed E-state index contributed by atoms with van der Waals surface area (Å²) in [6, 6.07) is 5.95. The lowest BCUT2D eigenvalue weighted by Crippen LogP contribution is -1.97. The van der Waals surface area contributed by atoms with Crippen LogP contribution in [0.15, 0.2) is 24.4 Å². The molecular weight excluding hydrogens is 188 g/mol. The summed E-state index contributed by atoms with van der Waals surface area (Å²) in [4.78, 5) is 15.6. The summed E-state index contributed by atoms with van der Waals surface area (Å²) in [5.41, 5.74) is 1.93. The molecule has 0 N–H and O–H groups in total. The lowest BCUT2D eigenvalue weighted by atomic mass is 10.2. The van der Waals surface area contributed by atoms with Gasteiger partial charge in [0.2, 0.25) is 0 Å². The molecule has 0 amide bonds. The molecule has 0 aliphatic carbocycles. The SMILES string of the molecule is CCc1nc(CC(C)=O)c2ccccn12. The van der Waals surface area contributed by atoms with Crippen molar-refractivity contribution >= 4 is 11.3 Å². The summed E-state index contributed by atoms with van der Waals surface area (Å²) in [6.07, 6.45) is 3.29. The summed E-state index contributed by atoms with van der Waals surface area (Å²) in [6.45, 7) is 3.67.